The molecule has 134 valence electrons. The van der Waals surface area contributed by atoms with E-state index in [2.05, 4.69) is 19.6 Å². The lowest BCUT2D eigenvalue weighted by Crippen LogP contribution is -2.40. The average molecular weight is 354 g/mol. The van der Waals surface area contributed by atoms with Crippen LogP contribution in [0.5, 0.6) is 0 Å². The number of hydrogen-bond acceptors (Lipinski definition) is 5. The molecular weight excluding hydrogens is 328 g/mol. The number of unbranched alkanes of at least 4 members (excludes halogenated alkanes) is 1. The molecule has 1 aromatic carbocycles. The summed E-state index contributed by atoms with van der Waals surface area (Å²) in [6.45, 7) is 4.01. The molecule has 0 saturated heterocycles. The molecule has 1 aromatic rings. The molecule has 4 N–H and O–H groups in total. The van der Waals surface area contributed by atoms with Crippen LogP contribution in [0.15, 0.2) is 23.1 Å². The van der Waals surface area contributed by atoms with E-state index in [1.54, 1.807) is 0 Å². The van der Waals surface area contributed by atoms with Crippen LogP contribution in [0.2, 0.25) is 0 Å². The van der Waals surface area contributed by atoms with Gasteiger partial charge in [-0.1, -0.05) is 32.4 Å². The molecule has 6 nitrogen and oxygen atoms in total. The second-order valence-corrected chi connectivity index (χ2v) is 6.29. The summed E-state index contributed by atoms with van der Waals surface area (Å²) in [6, 6.07) is 5.95. The highest BCUT2D eigenvalue weighted by Crippen LogP contribution is 2.34. The molecule has 0 unspecified atom stereocenters. The molecule has 0 aromatic heterocycles. The summed E-state index contributed by atoms with van der Waals surface area (Å²) in [5.74, 6) is 0. The number of amides is 2. The van der Waals surface area contributed by atoms with Crippen LogP contribution in [0, 0.1) is 0 Å². The standard InChI is InChI=1S/C17H26N2O4S/c1-3-5-6-12-7-8-13(14(24)9-12)17(4-2,10-22-15(18)20)11-23-16(19)21/h7-9,24H,3-6,10-11H2,1-2H3,(H2,18,20)(H2,19,21). The largest absolute Gasteiger partial charge is 0.449 e. The van der Waals surface area contributed by atoms with Crippen molar-refractivity contribution in [2.24, 2.45) is 11.5 Å². The van der Waals surface area contributed by atoms with E-state index in [4.69, 9.17) is 20.9 Å². The summed E-state index contributed by atoms with van der Waals surface area (Å²) in [7, 11) is 0. The van der Waals surface area contributed by atoms with Crippen molar-refractivity contribution >= 4 is 24.8 Å². The Morgan fingerprint density at radius 3 is 2.12 bits per heavy atom. The Morgan fingerprint density at radius 2 is 1.71 bits per heavy atom. The smallest absolute Gasteiger partial charge is 0.404 e. The minimum absolute atomic E-state index is 0.0199. The first-order valence-electron chi connectivity index (χ1n) is 8.01. The normalized spacial score (nSPS) is 11.1. The second kappa shape index (κ2) is 9.42. The van der Waals surface area contributed by atoms with Gasteiger partial charge < -0.3 is 20.9 Å². The molecular formula is C17H26N2O4S. The van der Waals surface area contributed by atoms with Crippen LogP contribution >= 0.6 is 12.6 Å². The maximum Gasteiger partial charge on any atom is 0.404 e. The van der Waals surface area contributed by atoms with E-state index in [1.807, 2.05) is 25.1 Å². The van der Waals surface area contributed by atoms with Crippen molar-refractivity contribution < 1.29 is 19.1 Å². The number of benzene rings is 1. The zero-order valence-corrected chi connectivity index (χ0v) is 15.1. The Hall–Kier alpha value is -1.89. The second-order valence-electron chi connectivity index (χ2n) is 5.80. The van der Waals surface area contributed by atoms with Gasteiger partial charge in [0.05, 0.1) is 5.41 Å². The lowest BCUT2D eigenvalue weighted by atomic mass is 9.79. The first kappa shape index (κ1) is 20.2. The van der Waals surface area contributed by atoms with Gasteiger partial charge in [0, 0.05) is 4.90 Å². The van der Waals surface area contributed by atoms with Gasteiger partial charge in [0.1, 0.15) is 13.2 Å². The number of rotatable bonds is 9. The number of carbonyl (C=O) groups excluding carboxylic acids is 2. The van der Waals surface area contributed by atoms with Crippen molar-refractivity contribution in [2.75, 3.05) is 13.2 Å². The third-order valence-electron chi connectivity index (χ3n) is 4.11. The summed E-state index contributed by atoms with van der Waals surface area (Å²) in [4.78, 5) is 22.8. The van der Waals surface area contributed by atoms with Crippen molar-refractivity contribution in [3.63, 3.8) is 0 Å². The fourth-order valence-electron chi connectivity index (χ4n) is 2.57. The lowest BCUT2D eigenvalue weighted by molar-refractivity contribution is 0.0709. The molecule has 0 bridgehead atoms. The van der Waals surface area contributed by atoms with E-state index in [0.29, 0.717) is 6.42 Å². The van der Waals surface area contributed by atoms with Gasteiger partial charge in [-0.25, -0.2) is 9.59 Å². The number of carbonyl (C=O) groups is 2. The summed E-state index contributed by atoms with van der Waals surface area (Å²) in [6.07, 6.45) is 1.97. The molecule has 0 fully saturated rings. The highest BCUT2D eigenvalue weighted by Gasteiger charge is 2.35. The molecule has 2 amide bonds. The van der Waals surface area contributed by atoms with Gasteiger partial charge in [-0.3, -0.25) is 0 Å². The predicted molar refractivity (Wildman–Crippen MR) is 95.3 cm³/mol. The topological polar surface area (TPSA) is 105 Å². The van der Waals surface area contributed by atoms with Crippen molar-refractivity contribution in [3.05, 3.63) is 29.3 Å². The SMILES string of the molecule is CCCCc1ccc(C(CC)(COC(N)=O)COC(N)=O)c(S)c1. The predicted octanol–water partition coefficient (Wildman–Crippen LogP) is 3.16. The van der Waals surface area contributed by atoms with E-state index < -0.39 is 17.6 Å². The van der Waals surface area contributed by atoms with E-state index >= 15 is 0 Å². The highest BCUT2D eigenvalue weighted by atomic mass is 32.1. The van der Waals surface area contributed by atoms with Gasteiger partial charge in [-0.2, -0.15) is 0 Å². The van der Waals surface area contributed by atoms with Crippen molar-refractivity contribution in [2.45, 2.75) is 49.8 Å². The molecule has 0 saturated carbocycles. The van der Waals surface area contributed by atoms with Gasteiger partial charge in [0.25, 0.3) is 0 Å². The molecule has 0 radical (unpaired) electrons. The van der Waals surface area contributed by atoms with Gasteiger partial charge in [0.15, 0.2) is 0 Å². The van der Waals surface area contributed by atoms with Crippen molar-refractivity contribution in [1.29, 1.82) is 0 Å². The minimum Gasteiger partial charge on any atom is -0.449 e. The van der Waals surface area contributed by atoms with E-state index in [9.17, 15) is 9.59 Å². The van der Waals surface area contributed by atoms with E-state index in [0.717, 1.165) is 29.7 Å². The van der Waals surface area contributed by atoms with Crippen LogP contribution in [-0.4, -0.2) is 25.4 Å². The van der Waals surface area contributed by atoms with E-state index in [-0.39, 0.29) is 13.2 Å². The molecule has 0 aliphatic rings. The summed E-state index contributed by atoms with van der Waals surface area (Å²) in [5, 5.41) is 0. The van der Waals surface area contributed by atoms with Gasteiger partial charge in [-0.05, 0) is 36.5 Å². The number of aryl methyl sites for hydroxylation is 1. The quantitative estimate of drug-likeness (QED) is 0.592. The van der Waals surface area contributed by atoms with Crippen LogP contribution in [0.4, 0.5) is 9.59 Å². The molecule has 0 spiro atoms. The molecule has 0 aliphatic carbocycles. The zero-order chi connectivity index (χ0) is 18.2. The third kappa shape index (κ3) is 5.63. The van der Waals surface area contributed by atoms with Gasteiger partial charge in [-0.15, -0.1) is 12.6 Å². The Balaban J connectivity index is 3.15. The van der Waals surface area contributed by atoms with Crippen molar-refractivity contribution in [3.8, 4) is 0 Å². The third-order valence-corrected chi connectivity index (χ3v) is 4.48. The maximum absolute atomic E-state index is 11.0. The number of thiol groups is 1. The number of ether oxygens (including phenoxy) is 2. The summed E-state index contributed by atoms with van der Waals surface area (Å²) in [5.41, 5.74) is 11.5. The Bertz CT molecular complexity index is 560. The number of primary amides is 2. The zero-order valence-electron chi connectivity index (χ0n) is 14.2. The lowest BCUT2D eigenvalue weighted by Gasteiger charge is -2.33. The van der Waals surface area contributed by atoms with Gasteiger partial charge >= 0.3 is 12.2 Å². The number of nitrogens with two attached hydrogens (primary N) is 2. The Labute approximate surface area is 148 Å². The first-order chi connectivity index (χ1) is 11.3. The highest BCUT2D eigenvalue weighted by molar-refractivity contribution is 7.80. The maximum atomic E-state index is 11.0. The van der Waals surface area contributed by atoms with Crippen LogP contribution < -0.4 is 11.5 Å². The van der Waals surface area contributed by atoms with Gasteiger partial charge in [0.2, 0.25) is 0 Å². The van der Waals surface area contributed by atoms with Crippen LogP contribution in [-0.2, 0) is 21.3 Å². The monoisotopic (exact) mass is 354 g/mol. The van der Waals surface area contributed by atoms with E-state index in [1.165, 1.54) is 5.56 Å². The Morgan fingerprint density at radius 1 is 1.12 bits per heavy atom. The summed E-state index contributed by atoms with van der Waals surface area (Å²) < 4.78 is 10.0. The molecule has 7 heteroatoms. The van der Waals surface area contributed by atoms with Crippen molar-refractivity contribution in [1.82, 2.24) is 0 Å². The fraction of sp³-hybridized carbons (Fsp3) is 0.529. The van der Waals surface area contributed by atoms with Crippen LogP contribution in [0.3, 0.4) is 0 Å². The number of hydrogen-bond donors (Lipinski definition) is 3. The Kier molecular flexibility index (Phi) is 7.91. The molecule has 0 atom stereocenters. The fourth-order valence-corrected chi connectivity index (χ4v) is 3.05. The molecule has 0 aliphatic heterocycles. The van der Waals surface area contributed by atoms with Crippen LogP contribution in [0.25, 0.3) is 0 Å². The molecule has 0 heterocycles. The average Bonchev–Trinajstić information content (AvgIpc) is 2.54. The minimum atomic E-state index is -0.882. The molecule has 24 heavy (non-hydrogen) atoms. The first-order valence-corrected chi connectivity index (χ1v) is 8.46. The molecule has 1 rings (SSSR count). The van der Waals surface area contributed by atoms with Crippen LogP contribution in [0.1, 0.15) is 44.2 Å². The summed E-state index contributed by atoms with van der Waals surface area (Å²) >= 11 is 4.58.